The third-order valence-corrected chi connectivity index (χ3v) is 9.53. The van der Waals surface area contributed by atoms with Crippen molar-refractivity contribution in [1.29, 1.82) is 0 Å². The molecule has 6 rings (SSSR count). The number of hydrogen-bond acceptors (Lipinski definition) is 5. The number of anilines is 1. The second-order valence-electron chi connectivity index (χ2n) is 12.5. The number of carbonyl (C=O) groups excluding carboxylic acids is 3. The monoisotopic (exact) mass is 594 g/mol. The van der Waals surface area contributed by atoms with Crippen LogP contribution < -0.4 is 16.0 Å². The third kappa shape index (κ3) is 7.03. The highest BCUT2D eigenvalue weighted by Gasteiger charge is 2.41. The Bertz CT molecular complexity index is 1500. The number of likely N-dealkylation sites (tertiary alicyclic amines) is 1. The Labute approximate surface area is 259 Å². The van der Waals surface area contributed by atoms with Gasteiger partial charge in [-0.15, -0.1) is 0 Å². The van der Waals surface area contributed by atoms with Crippen LogP contribution >= 0.6 is 0 Å². The molecule has 0 aliphatic carbocycles. The van der Waals surface area contributed by atoms with Gasteiger partial charge in [0.15, 0.2) is 0 Å². The van der Waals surface area contributed by atoms with Gasteiger partial charge in [-0.3, -0.25) is 19.3 Å². The first kappa shape index (κ1) is 30.0. The van der Waals surface area contributed by atoms with E-state index in [1.165, 1.54) is 0 Å². The molecule has 0 saturated carbocycles. The molecule has 0 unspecified atom stereocenters. The summed E-state index contributed by atoms with van der Waals surface area (Å²) >= 11 is 0. The normalized spacial score (nSPS) is 25.1. The van der Waals surface area contributed by atoms with E-state index in [2.05, 4.69) is 33.0 Å². The average Bonchev–Trinajstić information content (AvgIpc) is 3.04. The summed E-state index contributed by atoms with van der Waals surface area (Å²) in [5.74, 6) is -0.108. The van der Waals surface area contributed by atoms with Crippen molar-refractivity contribution in [2.75, 3.05) is 38.2 Å². The molecule has 44 heavy (non-hydrogen) atoms. The smallest absolute Gasteiger partial charge is 0.243 e. The first-order valence-electron chi connectivity index (χ1n) is 15.9. The largest absolute Gasteiger partial charge is 0.381 e. The minimum Gasteiger partial charge on any atom is -0.381 e. The number of nitrogens with one attached hydrogen (secondary N) is 3. The molecular weight excluding hydrogens is 552 g/mol. The van der Waals surface area contributed by atoms with E-state index < -0.39 is 11.5 Å². The molecular formula is C36H42N4O4. The van der Waals surface area contributed by atoms with Crippen LogP contribution in [0.4, 0.5) is 5.69 Å². The van der Waals surface area contributed by atoms with E-state index in [1.807, 2.05) is 72.8 Å². The average molecular weight is 595 g/mol. The summed E-state index contributed by atoms with van der Waals surface area (Å²) in [6, 6.07) is 23.1. The van der Waals surface area contributed by atoms with Crippen LogP contribution in [0.5, 0.6) is 0 Å². The van der Waals surface area contributed by atoms with E-state index in [-0.39, 0.29) is 29.7 Å². The number of hydrogen-bond donors (Lipinski definition) is 3. The fourth-order valence-electron chi connectivity index (χ4n) is 6.93. The predicted octanol–water partition coefficient (Wildman–Crippen LogP) is 4.46. The molecule has 8 nitrogen and oxygen atoms in total. The summed E-state index contributed by atoms with van der Waals surface area (Å²) in [5, 5.41) is 11.7. The molecule has 2 saturated heterocycles. The van der Waals surface area contributed by atoms with Crippen LogP contribution in [-0.2, 0) is 25.5 Å². The standard InChI is InChI=1S/C36H42N4O4/c41-33(37-31-15-8-13-27-11-4-5-14-29(27)31)25-40-20-16-30-28(24-40)12-6-7-17-36(18-21-44-22-19-36)35(43)39-32(34(42)38-30)23-26-9-2-1-3-10-26/h1-11,13-15,28,30,32H,12,16-25H2,(H,37,41)(H,38,42)(H,39,43)/b7-6+/t28-,30+,32-/m1/s1. The number of fused-ring (bicyclic) bond motifs is 2. The molecule has 3 aliphatic rings. The van der Waals surface area contributed by atoms with Crippen molar-refractivity contribution in [1.82, 2.24) is 15.5 Å². The topological polar surface area (TPSA) is 99.8 Å². The second kappa shape index (κ2) is 13.7. The fourth-order valence-corrected chi connectivity index (χ4v) is 6.93. The molecule has 3 amide bonds. The summed E-state index contributed by atoms with van der Waals surface area (Å²) in [5.41, 5.74) is 1.24. The Morgan fingerprint density at radius 3 is 2.55 bits per heavy atom. The Kier molecular flexibility index (Phi) is 9.38. The summed E-state index contributed by atoms with van der Waals surface area (Å²) in [7, 11) is 0. The van der Waals surface area contributed by atoms with Gasteiger partial charge in [0, 0.05) is 49.8 Å². The number of piperidine rings is 1. The zero-order valence-electron chi connectivity index (χ0n) is 25.2. The van der Waals surface area contributed by atoms with Crippen LogP contribution in [0.1, 0.15) is 37.7 Å². The minimum absolute atomic E-state index is 0.0420. The highest BCUT2D eigenvalue weighted by molar-refractivity contribution is 6.02. The molecule has 8 heteroatoms. The van der Waals surface area contributed by atoms with Crippen molar-refractivity contribution in [3.05, 3.63) is 90.5 Å². The quantitative estimate of drug-likeness (QED) is 0.379. The van der Waals surface area contributed by atoms with E-state index >= 15 is 0 Å². The van der Waals surface area contributed by atoms with Gasteiger partial charge in [-0.2, -0.15) is 0 Å². The maximum absolute atomic E-state index is 13.8. The van der Waals surface area contributed by atoms with Gasteiger partial charge in [0.2, 0.25) is 17.7 Å². The van der Waals surface area contributed by atoms with Crippen molar-refractivity contribution in [3.63, 3.8) is 0 Å². The number of carbonyl (C=O) groups is 3. The molecule has 0 aromatic heterocycles. The Balaban J connectivity index is 1.17. The molecule has 2 fully saturated rings. The number of rotatable bonds is 5. The summed E-state index contributed by atoms with van der Waals surface area (Å²) in [6.07, 6.45) is 8.13. The number of benzene rings is 3. The summed E-state index contributed by atoms with van der Waals surface area (Å²) in [6.45, 7) is 2.77. The lowest BCUT2D eigenvalue weighted by atomic mass is 9.75. The first-order chi connectivity index (χ1) is 21.5. The molecule has 3 atom stereocenters. The first-order valence-corrected chi connectivity index (χ1v) is 15.9. The Morgan fingerprint density at radius 2 is 1.70 bits per heavy atom. The molecule has 230 valence electrons. The van der Waals surface area contributed by atoms with Crippen molar-refractivity contribution < 1.29 is 19.1 Å². The fraction of sp³-hybridized carbons (Fsp3) is 0.417. The SMILES string of the molecule is O=C(CN1CC[C@@H]2NC(=O)[C@@H](Cc3ccccc3)NC(=O)C3(C/C=C/C[C@@H]2C1)CCOCC3)Nc1cccc2ccccc12. The molecule has 0 bridgehead atoms. The molecule has 1 spiro atoms. The third-order valence-electron chi connectivity index (χ3n) is 9.53. The summed E-state index contributed by atoms with van der Waals surface area (Å²) in [4.78, 5) is 43.0. The number of ether oxygens (including phenoxy) is 1. The van der Waals surface area contributed by atoms with E-state index in [1.54, 1.807) is 0 Å². The molecule has 3 aromatic carbocycles. The maximum atomic E-state index is 13.8. The van der Waals surface area contributed by atoms with Gasteiger partial charge in [-0.1, -0.05) is 78.9 Å². The minimum atomic E-state index is -0.668. The maximum Gasteiger partial charge on any atom is 0.243 e. The summed E-state index contributed by atoms with van der Waals surface area (Å²) < 4.78 is 5.61. The van der Waals surface area contributed by atoms with Gasteiger partial charge >= 0.3 is 0 Å². The lowest BCUT2D eigenvalue weighted by Gasteiger charge is -2.40. The van der Waals surface area contributed by atoms with Crippen molar-refractivity contribution in [3.8, 4) is 0 Å². The predicted molar refractivity (Wildman–Crippen MR) is 172 cm³/mol. The zero-order chi connectivity index (χ0) is 30.4. The highest BCUT2D eigenvalue weighted by Crippen LogP contribution is 2.36. The van der Waals surface area contributed by atoms with E-state index in [4.69, 9.17) is 4.74 Å². The number of allylic oxidation sites excluding steroid dienone is 2. The van der Waals surface area contributed by atoms with Gasteiger partial charge in [0.1, 0.15) is 6.04 Å². The van der Waals surface area contributed by atoms with Gasteiger partial charge in [0.05, 0.1) is 12.0 Å². The van der Waals surface area contributed by atoms with E-state index in [0.29, 0.717) is 58.5 Å². The van der Waals surface area contributed by atoms with Crippen LogP contribution in [0.2, 0.25) is 0 Å². The van der Waals surface area contributed by atoms with Gasteiger partial charge in [-0.25, -0.2) is 0 Å². The van der Waals surface area contributed by atoms with Crippen LogP contribution in [0.3, 0.4) is 0 Å². The zero-order valence-corrected chi connectivity index (χ0v) is 25.2. The van der Waals surface area contributed by atoms with Crippen LogP contribution in [0.15, 0.2) is 84.9 Å². The van der Waals surface area contributed by atoms with Gasteiger partial charge < -0.3 is 20.7 Å². The highest BCUT2D eigenvalue weighted by atomic mass is 16.5. The molecule has 3 aromatic rings. The molecule has 3 N–H and O–H groups in total. The lowest BCUT2D eigenvalue weighted by Crippen LogP contribution is -2.58. The van der Waals surface area contributed by atoms with Crippen LogP contribution in [-0.4, -0.2) is 67.6 Å². The van der Waals surface area contributed by atoms with Crippen molar-refractivity contribution in [2.24, 2.45) is 11.3 Å². The number of nitrogens with zero attached hydrogens (tertiary/aromatic N) is 1. The Hall–Kier alpha value is -4.01. The van der Waals surface area contributed by atoms with Crippen molar-refractivity contribution >= 4 is 34.2 Å². The van der Waals surface area contributed by atoms with Crippen LogP contribution in [0.25, 0.3) is 10.8 Å². The van der Waals surface area contributed by atoms with E-state index in [0.717, 1.165) is 34.9 Å². The van der Waals surface area contributed by atoms with Gasteiger partial charge in [0.25, 0.3) is 0 Å². The van der Waals surface area contributed by atoms with Crippen LogP contribution in [0, 0.1) is 11.3 Å². The number of amides is 3. The second-order valence-corrected chi connectivity index (χ2v) is 12.5. The Morgan fingerprint density at radius 1 is 0.932 bits per heavy atom. The van der Waals surface area contributed by atoms with Crippen molar-refractivity contribution in [2.45, 2.75) is 50.6 Å². The molecule has 3 aliphatic heterocycles. The molecule has 0 radical (unpaired) electrons. The molecule has 3 heterocycles. The lowest BCUT2D eigenvalue weighted by molar-refractivity contribution is -0.140. The van der Waals surface area contributed by atoms with E-state index in [9.17, 15) is 14.4 Å². The van der Waals surface area contributed by atoms with Gasteiger partial charge in [-0.05, 0) is 55.0 Å².